The van der Waals surface area contributed by atoms with Crippen molar-refractivity contribution in [1.29, 1.82) is 0 Å². The molecule has 0 aliphatic carbocycles. The van der Waals surface area contributed by atoms with Crippen LogP contribution in [-0.4, -0.2) is 45.7 Å². The lowest BCUT2D eigenvalue weighted by Crippen LogP contribution is -2.39. The molecule has 158 valence electrons. The quantitative estimate of drug-likeness (QED) is 0.344. The van der Waals surface area contributed by atoms with Crippen molar-refractivity contribution in [3.8, 4) is 0 Å². The molecule has 0 saturated heterocycles. The molecule has 9 nitrogen and oxygen atoms in total. The zero-order valence-electron chi connectivity index (χ0n) is 15.5. The van der Waals surface area contributed by atoms with E-state index < -0.39 is 34.3 Å². The first-order chi connectivity index (χ1) is 12.9. The second-order valence-corrected chi connectivity index (χ2v) is 8.73. The molecule has 0 aromatic carbocycles. The number of carbonyl (C=O) groups excluding carboxylic acids is 3. The molecule has 1 rings (SSSR count). The number of aromatic nitrogens is 1. The van der Waals surface area contributed by atoms with Crippen molar-refractivity contribution in [3.63, 3.8) is 0 Å². The van der Waals surface area contributed by atoms with Crippen LogP contribution in [0.4, 0.5) is 14.7 Å². The number of thiazole rings is 1. The van der Waals surface area contributed by atoms with Crippen LogP contribution >= 0.6 is 46.1 Å². The number of rotatable bonds is 7. The fourth-order valence-electron chi connectivity index (χ4n) is 1.66. The Hall–Kier alpha value is -1.49. The van der Waals surface area contributed by atoms with Gasteiger partial charge in [-0.3, -0.25) is 5.32 Å². The third-order valence-corrected chi connectivity index (χ3v) is 4.46. The van der Waals surface area contributed by atoms with Crippen LogP contribution in [-0.2, 0) is 19.0 Å². The molecule has 1 heterocycles. The number of anilines is 1. The fraction of sp³-hybridized carbons (Fsp3) is 0.600. The molecule has 13 heteroatoms. The van der Waals surface area contributed by atoms with E-state index in [1.54, 1.807) is 27.7 Å². The average molecular weight is 477 g/mol. The Kier molecular flexibility index (Phi) is 9.06. The summed E-state index contributed by atoms with van der Waals surface area (Å²) in [5, 5.41) is 6.20. The van der Waals surface area contributed by atoms with Gasteiger partial charge in [0.15, 0.2) is 11.2 Å². The van der Waals surface area contributed by atoms with Gasteiger partial charge in [-0.1, -0.05) is 23.2 Å². The van der Waals surface area contributed by atoms with Crippen LogP contribution in [0.15, 0.2) is 5.38 Å². The van der Waals surface area contributed by atoms with Crippen molar-refractivity contribution in [3.05, 3.63) is 11.1 Å². The molecule has 0 saturated carbocycles. The summed E-state index contributed by atoms with van der Waals surface area (Å²) in [6.07, 6.45) is -1.83. The highest BCUT2D eigenvalue weighted by molar-refractivity contribution is 7.13. The van der Waals surface area contributed by atoms with Gasteiger partial charge in [0.2, 0.25) is 0 Å². The van der Waals surface area contributed by atoms with E-state index in [-0.39, 0.29) is 23.3 Å². The van der Waals surface area contributed by atoms with Gasteiger partial charge in [-0.25, -0.2) is 19.4 Å². The lowest BCUT2D eigenvalue weighted by molar-refractivity contribution is -0.145. The van der Waals surface area contributed by atoms with Crippen molar-refractivity contribution < 1.29 is 28.6 Å². The molecule has 0 bridgehead atoms. The number of hydrogen-bond donors (Lipinski definition) is 2. The van der Waals surface area contributed by atoms with Crippen LogP contribution in [0, 0.1) is 0 Å². The second-order valence-electron chi connectivity index (χ2n) is 6.19. The number of nitrogens with zero attached hydrogens (tertiary/aromatic N) is 1. The van der Waals surface area contributed by atoms with E-state index >= 15 is 0 Å². The van der Waals surface area contributed by atoms with Crippen LogP contribution < -0.4 is 10.6 Å². The Bertz CT molecular complexity index is 707. The Morgan fingerprint density at radius 2 is 1.86 bits per heavy atom. The number of nitrogens with one attached hydrogen (secondary N) is 2. The Balaban J connectivity index is 2.90. The molecule has 0 radical (unpaired) electrons. The topological polar surface area (TPSA) is 116 Å². The van der Waals surface area contributed by atoms with Gasteiger partial charge < -0.3 is 19.5 Å². The number of carbonyl (C=O) groups is 3. The maximum absolute atomic E-state index is 12.2. The summed E-state index contributed by atoms with van der Waals surface area (Å²) in [5.41, 5.74) is -0.634. The summed E-state index contributed by atoms with van der Waals surface area (Å²) >= 11 is 17.7. The van der Waals surface area contributed by atoms with Gasteiger partial charge in [0.05, 0.1) is 18.2 Å². The van der Waals surface area contributed by atoms with Crippen molar-refractivity contribution >= 4 is 69.4 Å². The third kappa shape index (κ3) is 8.68. The maximum Gasteiger partial charge on any atom is 0.416 e. The predicted molar refractivity (Wildman–Crippen MR) is 106 cm³/mol. The molecule has 1 atom stereocenters. The first kappa shape index (κ1) is 24.5. The number of alkyl carbamates (subject to hydrolysis) is 1. The number of halogens is 3. The largest absolute Gasteiger partial charge is 0.464 e. The minimum atomic E-state index is -1.91. The summed E-state index contributed by atoms with van der Waals surface area (Å²) in [6, 6.07) is -1.24. The van der Waals surface area contributed by atoms with Crippen LogP contribution in [0.2, 0.25) is 0 Å². The van der Waals surface area contributed by atoms with Crippen molar-refractivity contribution in [1.82, 2.24) is 10.3 Å². The summed E-state index contributed by atoms with van der Waals surface area (Å²) in [4.78, 5) is 40.1. The van der Waals surface area contributed by atoms with Gasteiger partial charge in [0.25, 0.3) is 4.52 Å². The summed E-state index contributed by atoms with van der Waals surface area (Å²) in [7, 11) is 0. The Morgan fingerprint density at radius 3 is 2.39 bits per heavy atom. The van der Waals surface area contributed by atoms with E-state index in [1.165, 1.54) is 5.38 Å². The molecule has 28 heavy (non-hydrogen) atoms. The van der Waals surface area contributed by atoms with Crippen molar-refractivity contribution in [2.45, 2.75) is 43.9 Å². The molecule has 0 aliphatic rings. The Labute approximate surface area is 181 Å². The number of esters is 1. The van der Waals surface area contributed by atoms with Crippen LogP contribution in [0.5, 0.6) is 0 Å². The third-order valence-electron chi connectivity index (χ3n) is 2.61. The molecular formula is C15H20Cl3N3O6S. The molecule has 0 aliphatic heterocycles. The van der Waals surface area contributed by atoms with Gasteiger partial charge in [-0.2, -0.15) is 0 Å². The monoisotopic (exact) mass is 475 g/mol. The van der Waals surface area contributed by atoms with Gasteiger partial charge >= 0.3 is 18.2 Å². The lowest BCUT2D eigenvalue weighted by atomic mass is 10.2. The SMILES string of the molecule is CCOC(=O)C(NC(=O)OC(C)(C)C)c1csc(NC(=O)OC(Cl)(Cl)CCl)n1. The standard InChI is InChI=1S/C15H20Cl3N3O6S/c1-5-25-10(22)9(20-12(23)26-14(2,3)4)8-6-28-11(19-8)21-13(24)27-15(17,18)7-16/h6,9H,5,7H2,1-4H3,(H,20,23)(H,19,21,24). The van der Waals surface area contributed by atoms with Gasteiger partial charge in [0, 0.05) is 5.38 Å². The number of alkyl halides is 3. The summed E-state index contributed by atoms with van der Waals surface area (Å²) in [5.74, 6) is -1.09. The van der Waals surface area contributed by atoms with E-state index in [1.807, 2.05) is 0 Å². The van der Waals surface area contributed by atoms with E-state index in [4.69, 9.17) is 49.0 Å². The number of amides is 2. The van der Waals surface area contributed by atoms with E-state index in [9.17, 15) is 14.4 Å². The minimum Gasteiger partial charge on any atom is -0.464 e. The zero-order valence-corrected chi connectivity index (χ0v) is 18.6. The Morgan fingerprint density at radius 1 is 1.21 bits per heavy atom. The molecule has 1 unspecified atom stereocenters. The highest BCUT2D eigenvalue weighted by Crippen LogP contribution is 2.26. The molecule has 1 aromatic rings. The van der Waals surface area contributed by atoms with Crippen LogP contribution in [0.1, 0.15) is 39.4 Å². The maximum atomic E-state index is 12.2. The van der Waals surface area contributed by atoms with E-state index in [2.05, 4.69) is 15.6 Å². The first-order valence-electron chi connectivity index (χ1n) is 7.92. The van der Waals surface area contributed by atoms with E-state index in [0.29, 0.717) is 0 Å². The first-order valence-corrected chi connectivity index (χ1v) is 10.1. The number of ether oxygens (including phenoxy) is 3. The molecule has 1 aromatic heterocycles. The molecule has 0 fully saturated rings. The average Bonchev–Trinajstić information content (AvgIpc) is 2.98. The van der Waals surface area contributed by atoms with Gasteiger partial charge in [-0.05, 0) is 27.7 Å². The molecule has 2 N–H and O–H groups in total. The fourth-order valence-corrected chi connectivity index (χ4v) is 2.57. The highest BCUT2D eigenvalue weighted by atomic mass is 35.5. The zero-order chi connectivity index (χ0) is 21.5. The predicted octanol–water partition coefficient (Wildman–Crippen LogP) is 4.19. The molecule has 2 amide bonds. The highest BCUT2D eigenvalue weighted by Gasteiger charge is 2.31. The summed E-state index contributed by atoms with van der Waals surface area (Å²) in [6.45, 7) is 6.75. The van der Waals surface area contributed by atoms with Crippen LogP contribution in [0.25, 0.3) is 0 Å². The van der Waals surface area contributed by atoms with Gasteiger partial charge in [-0.15, -0.1) is 22.9 Å². The van der Waals surface area contributed by atoms with Crippen molar-refractivity contribution in [2.24, 2.45) is 0 Å². The minimum absolute atomic E-state index is 0.0685. The second kappa shape index (κ2) is 10.3. The van der Waals surface area contributed by atoms with E-state index in [0.717, 1.165) is 11.3 Å². The van der Waals surface area contributed by atoms with Crippen LogP contribution in [0.3, 0.4) is 0 Å². The lowest BCUT2D eigenvalue weighted by Gasteiger charge is -2.22. The molecular weight excluding hydrogens is 457 g/mol. The van der Waals surface area contributed by atoms with Crippen molar-refractivity contribution in [2.75, 3.05) is 17.8 Å². The molecule has 0 spiro atoms. The summed E-state index contributed by atoms with van der Waals surface area (Å²) < 4.78 is 12.9. The normalized spacial score (nSPS) is 12.7. The smallest absolute Gasteiger partial charge is 0.416 e. The van der Waals surface area contributed by atoms with Gasteiger partial charge in [0.1, 0.15) is 5.60 Å². The number of hydrogen-bond acceptors (Lipinski definition) is 8.